The first-order valence-electron chi connectivity index (χ1n) is 4.44. The van der Waals surface area contributed by atoms with E-state index in [1.807, 2.05) is 13.8 Å². The summed E-state index contributed by atoms with van der Waals surface area (Å²) in [5, 5.41) is 2.61. The molecule has 1 N–H and O–H groups in total. The summed E-state index contributed by atoms with van der Waals surface area (Å²) < 4.78 is 5.53. The average Bonchev–Trinajstić information content (AvgIpc) is 2.42. The zero-order chi connectivity index (χ0) is 9.90. The molecule has 1 amide bonds. The van der Waals surface area contributed by atoms with E-state index in [4.69, 9.17) is 11.2 Å². The maximum Gasteiger partial charge on any atom is 0.249 e. The number of hydrogen-bond acceptors (Lipinski definition) is 2. The van der Waals surface area contributed by atoms with Crippen molar-refractivity contribution < 1.29 is 9.53 Å². The SMILES string of the molecule is C#CCNC(=O)C1CCC(C)(C)O1. The summed E-state index contributed by atoms with van der Waals surface area (Å²) in [6, 6.07) is 0. The molecule has 0 aliphatic carbocycles. The highest BCUT2D eigenvalue weighted by Gasteiger charge is 2.35. The molecule has 1 aliphatic rings. The first kappa shape index (κ1) is 10.1. The smallest absolute Gasteiger partial charge is 0.249 e. The van der Waals surface area contributed by atoms with E-state index in [-0.39, 0.29) is 24.2 Å². The molecule has 3 heteroatoms. The van der Waals surface area contributed by atoms with Crippen molar-refractivity contribution >= 4 is 5.91 Å². The average molecular weight is 181 g/mol. The van der Waals surface area contributed by atoms with Gasteiger partial charge in [0.05, 0.1) is 12.1 Å². The third-order valence-electron chi connectivity index (χ3n) is 2.13. The summed E-state index contributed by atoms with van der Waals surface area (Å²) in [6.07, 6.45) is 6.41. The van der Waals surface area contributed by atoms with Crippen LogP contribution in [-0.2, 0) is 9.53 Å². The second kappa shape index (κ2) is 3.80. The van der Waals surface area contributed by atoms with Gasteiger partial charge in [-0.3, -0.25) is 4.79 Å². The van der Waals surface area contributed by atoms with Gasteiger partial charge in [-0.1, -0.05) is 5.92 Å². The normalized spacial score (nSPS) is 25.2. The van der Waals surface area contributed by atoms with E-state index in [9.17, 15) is 4.79 Å². The Morgan fingerprint density at radius 2 is 2.46 bits per heavy atom. The Bertz CT molecular complexity index is 240. The fourth-order valence-electron chi connectivity index (χ4n) is 1.42. The zero-order valence-corrected chi connectivity index (χ0v) is 8.09. The maximum absolute atomic E-state index is 11.4. The van der Waals surface area contributed by atoms with Gasteiger partial charge >= 0.3 is 0 Å². The van der Waals surface area contributed by atoms with Gasteiger partial charge in [-0.15, -0.1) is 6.42 Å². The molecule has 0 saturated carbocycles. The highest BCUT2D eigenvalue weighted by Crippen LogP contribution is 2.29. The first-order valence-corrected chi connectivity index (χ1v) is 4.44. The standard InChI is InChI=1S/C10H15NO2/c1-4-7-11-9(12)8-5-6-10(2,3)13-8/h1,8H,5-7H2,2-3H3,(H,11,12). The molecule has 1 atom stereocenters. The summed E-state index contributed by atoms with van der Waals surface area (Å²) in [6.45, 7) is 4.25. The number of terminal acetylenes is 1. The molecule has 0 aromatic rings. The monoisotopic (exact) mass is 181 g/mol. The van der Waals surface area contributed by atoms with Gasteiger partial charge in [0.25, 0.3) is 0 Å². The molecule has 1 unspecified atom stereocenters. The number of hydrogen-bond donors (Lipinski definition) is 1. The molecule has 3 nitrogen and oxygen atoms in total. The van der Waals surface area contributed by atoms with Crippen molar-refractivity contribution in [1.82, 2.24) is 5.32 Å². The van der Waals surface area contributed by atoms with Gasteiger partial charge in [0.15, 0.2) is 0 Å². The number of carbonyl (C=O) groups is 1. The van der Waals surface area contributed by atoms with E-state index in [0.717, 1.165) is 12.8 Å². The lowest BCUT2D eigenvalue weighted by molar-refractivity contribution is -0.135. The minimum atomic E-state index is -0.316. The van der Waals surface area contributed by atoms with Crippen LogP contribution >= 0.6 is 0 Å². The molecule has 13 heavy (non-hydrogen) atoms. The van der Waals surface area contributed by atoms with Crippen LogP contribution in [0.25, 0.3) is 0 Å². The quantitative estimate of drug-likeness (QED) is 0.637. The zero-order valence-electron chi connectivity index (χ0n) is 8.09. The molecule has 1 aliphatic heterocycles. The van der Waals surface area contributed by atoms with E-state index in [2.05, 4.69) is 11.2 Å². The van der Waals surface area contributed by atoms with Crippen LogP contribution in [0.15, 0.2) is 0 Å². The fraction of sp³-hybridized carbons (Fsp3) is 0.700. The summed E-state index contributed by atoms with van der Waals surface area (Å²) in [7, 11) is 0. The van der Waals surface area contributed by atoms with Crippen LogP contribution in [0.2, 0.25) is 0 Å². The van der Waals surface area contributed by atoms with Crippen LogP contribution in [0.5, 0.6) is 0 Å². The Morgan fingerprint density at radius 1 is 1.77 bits per heavy atom. The molecular formula is C10H15NO2. The Balaban J connectivity index is 2.39. The van der Waals surface area contributed by atoms with Crippen LogP contribution in [0.4, 0.5) is 0 Å². The van der Waals surface area contributed by atoms with Crippen LogP contribution in [-0.4, -0.2) is 24.2 Å². The largest absolute Gasteiger partial charge is 0.363 e. The van der Waals surface area contributed by atoms with Crippen molar-refractivity contribution in [2.45, 2.75) is 38.4 Å². The van der Waals surface area contributed by atoms with Gasteiger partial charge in [-0.25, -0.2) is 0 Å². The highest BCUT2D eigenvalue weighted by molar-refractivity contribution is 5.81. The number of ether oxygens (including phenoxy) is 1. The summed E-state index contributed by atoms with van der Waals surface area (Å²) >= 11 is 0. The molecule has 0 spiro atoms. The molecule has 72 valence electrons. The van der Waals surface area contributed by atoms with Crippen molar-refractivity contribution in [3.05, 3.63) is 0 Å². The van der Waals surface area contributed by atoms with Gasteiger partial charge in [0.2, 0.25) is 5.91 Å². The summed E-state index contributed by atoms with van der Waals surface area (Å²) in [5.74, 6) is 2.26. The van der Waals surface area contributed by atoms with E-state index < -0.39 is 0 Å². The molecule has 1 rings (SSSR count). The lowest BCUT2D eigenvalue weighted by Gasteiger charge is -2.18. The number of nitrogens with one attached hydrogen (secondary N) is 1. The van der Waals surface area contributed by atoms with E-state index >= 15 is 0 Å². The lowest BCUT2D eigenvalue weighted by Crippen LogP contribution is -2.36. The third-order valence-corrected chi connectivity index (χ3v) is 2.13. The van der Waals surface area contributed by atoms with Crippen molar-refractivity contribution in [1.29, 1.82) is 0 Å². The van der Waals surface area contributed by atoms with E-state index in [1.54, 1.807) is 0 Å². The second-order valence-corrected chi connectivity index (χ2v) is 3.83. The van der Waals surface area contributed by atoms with Gasteiger partial charge in [0.1, 0.15) is 6.10 Å². The van der Waals surface area contributed by atoms with Gasteiger partial charge in [-0.05, 0) is 26.7 Å². The summed E-state index contributed by atoms with van der Waals surface area (Å²) in [5.41, 5.74) is -0.169. The second-order valence-electron chi connectivity index (χ2n) is 3.83. The topological polar surface area (TPSA) is 38.3 Å². The fourth-order valence-corrected chi connectivity index (χ4v) is 1.42. The van der Waals surface area contributed by atoms with Gasteiger partial charge in [0, 0.05) is 0 Å². The molecule has 1 fully saturated rings. The van der Waals surface area contributed by atoms with E-state index in [0.29, 0.717) is 0 Å². The highest BCUT2D eigenvalue weighted by atomic mass is 16.5. The Hall–Kier alpha value is -1.01. The Labute approximate surface area is 78.8 Å². The number of rotatable bonds is 2. The van der Waals surface area contributed by atoms with Crippen molar-refractivity contribution in [3.8, 4) is 12.3 Å². The Kier molecular flexibility index (Phi) is 2.94. The van der Waals surface area contributed by atoms with E-state index in [1.165, 1.54) is 0 Å². The lowest BCUT2D eigenvalue weighted by atomic mass is 10.1. The third kappa shape index (κ3) is 2.74. The van der Waals surface area contributed by atoms with Crippen molar-refractivity contribution in [2.24, 2.45) is 0 Å². The van der Waals surface area contributed by atoms with Crippen molar-refractivity contribution in [2.75, 3.05) is 6.54 Å². The molecule has 1 heterocycles. The minimum absolute atomic E-state index is 0.0940. The number of amides is 1. The first-order chi connectivity index (χ1) is 6.05. The van der Waals surface area contributed by atoms with Gasteiger partial charge < -0.3 is 10.1 Å². The van der Waals surface area contributed by atoms with Crippen LogP contribution in [0, 0.1) is 12.3 Å². The predicted octanol–water partition coefficient (Wildman–Crippen LogP) is 0.693. The van der Waals surface area contributed by atoms with Crippen LogP contribution in [0.1, 0.15) is 26.7 Å². The molecule has 0 aromatic heterocycles. The predicted molar refractivity (Wildman–Crippen MR) is 50.0 cm³/mol. The molecule has 0 radical (unpaired) electrons. The van der Waals surface area contributed by atoms with Crippen LogP contribution < -0.4 is 5.32 Å². The molecule has 0 bridgehead atoms. The molecule has 0 aromatic carbocycles. The molecule has 1 saturated heterocycles. The van der Waals surface area contributed by atoms with Crippen molar-refractivity contribution in [3.63, 3.8) is 0 Å². The van der Waals surface area contributed by atoms with Gasteiger partial charge in [-0.2, -0.15) is 0 Å². The Morgan fingerprint density at radius 3 is 2.92 bits per heavy atom. The maximum atomic E-state index is 11.4. The number of carbonyl (C=O) groups excluding carboxylic acids is 1. The summed E-state index contributed by atoms with van der Waals surface area (Å²) in [4.78, 5) is 11.4. The van der Waals surface area contributed by atoms with Crippen LogP contribution in [0.3, 0.4) is 0 Å². The molecular weight excluding hydrogens is 166 g/mol. The minimum Gasteiger partial charge on any atom is -0.363 e.